The van der Waals surface area contributed by atoms with Crippen LogP contribution in [-0.2, 0) is 13.0 Å². The number of carbonyl (C=O) groups is 1. The second-order valence-electron chi connectivity index (χ2n) is 7.12. The molecular formula is C22H20N2O2. The van der Waals surface area contributed by atoms with E-state index in [0.29, 0.717) is 19.2 Å². The standard InChI is InChI=1S/C22H20N2O2/c25-22(18-5-8-21-17(12-18)9-10-26-21)24(19-6-7-19)14-15-11-16-3-1-2-4-20(16)23-13-15/h1-5,8,11-13,19H,6-7,9-10,14H2. The number of para-hydroxylation sites is 1. The van der Waals surface area contributed by atoms with Crippen LogP contribution >= 0.6 is 0 Å². The molecule has 2 aliphatic rings. The lowest BCUT2D eigenvalue weighted by molar-refractivity contribution is 0.0730. The summed E-state index contributed by atoms with van der Waals surface area (Å²) in [6, 6.07) is 16.4. The second kappa shape index (κ2) is 6.13. The Hall–Kier alpha value is -2.88. The lowest BCUT2D eigenvalue weighted by Crippen LogP contribution is -2.32. The molecule has 1 aliphatic carbocycles. The van der Waals surface area contributed by atoms with E-state index >= 15 is 0 Å². The molecule has 0 radical (unpaired) electrons. The lowest BCUT2D eigenvalue weighted by atomic mass is 10.1. The smallest absolute Gasteiger partial charge is 0.254 e. The van der Waals surface area contributed by atoms with E-state index in [1.807, 2.05) is 47.5 Å². The number of ether oxygens (including phenoxy) is 1. The number of hydrogen-bond donors (Lipinski definition) is 0. The molecule has 0 spiro atoms. The molecule has 0 atom stereocenters. The number of hydrogen-bond acceptors (Lipinski definition) is 3. The van der Waals surface area contributed by atoms with Gasteiger partial charge in [0.1, 0.15) is 5.75 Å². The molecule has 0 saturated heterocycles. The van der Waals surface area contributed by atoms with Crippen molar-refractivity contribution < 1.29 is 9.53 Å². The summed E-state index contributed by atoms with van der Waals surface area (Å²) >= 11 is 0. The van der Waals surface area contributed by atoms with E-state index in [9.17, 15) is 4.79 Å². The molecule has 4 nitrogen and oxygen atoms in total. The van der Waals surface area contributed by atoms with Crippen molar-refractivity contribution in [1.29, 1.82) is 0 Å². The monoisotopic (exact) mass is 344 g/mol. The summed E-state index contributed by atoms with van der Waals surface area (Å²) < 4.78 is 5.56. The quantitative estimate of drug-likeness (QED) is 0.719. The minimum atomic E-state index is 0.107. The van der Waals surface area contributed by atoms with Crippen molar-refractivity contribution in [3.8, 4) is 5.75 Å². The molecule has 5 rings (SSSR count). The molecule has 4 heteroatoms. The van der Waals surface area contributed by atoms with Gasteiger partial charge in [-0.25, -0.2) is 0 Å². The van der Waals surface area contributed by atoms with Gasteiger partial charge in [-0.15, -0.1) is 0 Å². The second-order valence-corrected chi connectivity index (χ2v) is 7.12. The molecule has 1 aromatic heterocycles. The van der Waals surface area contributed by atoms with E-state index in [4.69, 9.17) is 4.74 Å². The van der Waals surface area contributed by atoms with Gasteiger partial charge in [0.25, 0.3) is 5.91 Å². The van der Waals surface area contributed by atoms with Gasteiger partial charge in [0, 0.05) is 36.2 Å². The zero-order valence-electron chi connectivity index (χ0n) is 14.5. The fourth-order valence-electron chi connectivity index (χ4n) is 3.64. The maximum Gasteiger partial charge on any atom is 0.254 e. The van der Waals surface area contributed by atoms with Crippen LogP contribution < -0.4 is 4.74 Å². The normalized spacial score (nSPS) is 15.5. The molecule has 2 heterocycles. The Labute approximate surface area is 152 Å². The van der Waals surface area contributed by atoms with E-state index < -0.39 is 0 Å². The third-order valence-electron chi connectivity index (χ3n) is 5.18. The third-order valence-corrected chi connectivity index (χ3v) is 5.18. The summed E-state index contributed by atoms with van der Waals surface area (Å²) in [5.41, 5.74) is 3.96. The van der Waals surface area contributed by atoms with Gasteiger partial charge in [0.05, 0.1) is 12.1 Å². The zero-order chi connectivity index (χ0) is 17.5. The molecule has 0 N–H and O–H groups in total. The molecule has 1 amide bonds. The third kappa shape index (κ3) is 2.81. The van der Waals surface area contributed by atoms with Gasteiger partial charge in [-0.2, -0.15) is 0 Å². The predicted molar refractivity (Wildman–Crippen MR) is 100 cm³/mol. The highest BCUT2D eigenvalue weighted by molar-refractivity contribution is 5.95. The van der Waals surface area contributed by atoms with Crippen LogP contribution in [-0.4, -0.2) is 28.4 Å². The Balaban J connectivity index is 1.43. The van der Waals surface area contributed by atoms with Crippen LogP contribution in [0.5, 0.6) is 5.75 Å². The molecule has 0 bridgehead atoms. The summed E-state index contributed by atoms with van der Waals surface area (Å²) in [5.74, 6) is 1.02. The first kappa shape index (κ1) is 15.4. The van der Waals surface area contributed by atoms with Gasteiger partial charge in [-0.3, -0.25) is 9.78 Å². The van der Waals surface area contributed by atoms with Crippen molar-refractivity contribution in [1.82, 2.24) is 9.88 Å². The van der Waals surface area contributed by atoms with Crippen molar-refractivity contribution in [3.05, 3.63) is 71.4 Å². The van der Waals surface area contributed by atoms with Crippen LogP contribution in [0.3, 0.4) is 0 Å². The Kier molecular flexibility index (Phi) is 3.63. The molecule has 3 aromatic rings. The number of benzene rings is 2. The average Bonchev–Trinajstić information content (AvgIpc) is 3.41. The summed E-state index contributed by atoms with van der Waals surface area (Å²) in [7, 11) is 0. The first-order valence-electron chi connectivity index (χ1n) is 9.18. The predicted octanol–water partition coefficient (Wildman–Crippen LogP) is 3.97. The summed E-state index contributed by atoms with van der Waals surface area (Å²) in [4.78, 5) is 19.7. The summed E-state index contributed by atoms with van der Waals surface area (Å²) in [5, 5.41) is 1.11. The first-order valence-corrected chi connectivity index (χ1v) is 9.18. The number of aromatic nitrogens is 1. The summed E-state index contributed by atoms with van der Waals surface area (Å²) in [6.45, 7) is 1.32. The zero-order valence-corrected chi connectivity index (χ0v) is 14.5. The molecule has 130 valence electrons. The molecule has 0 unspecified atom stereocenters. The van der Waals surface area contributed by atoms with Crippen LogP contribution in [0.4, 0.5) is 0 Å². The Morgan fingerprint density at radius 1 is 1.15 bits per heavy atom. The first-order chi connectivity index (χ1) is 12.8. The van der Waals surface area contributed by atoms with Crippen LogP contribution in [0, 0.1) is 0 Å². The van der Waals surface area contributed by atoms with Gasteiger partial charge in [-0.1, -0.05) is 18.2 Å². The number of amides is 1. The van der Waals surface area contributed by atoms with Gasteiger partial charge >= 0.3 is 0 Å². The minimum Gasteiger partial charge on any atom is -0.493 e. The number of carbonyl (C=O) groups excluding carboxylic acids is 1. The molecular weight excluding hydrogens is 324 g/mol. The lowest BCUT2D eigenvalue weighted by Gasteiger charge is -2.23. The van der Waals surface area contributed by atoms with Gasteiger partial charge < -0.3 is 9.64 Å². The van der Waals surface area contributed by atoms with Crippen molar-refractivity contribution >= 4 is 16.8 Å². The van der Waals surface area contributed by atoms with E-state index in [0.717, 1.165) is 52.6 Å². The van der Waals surface area contributed by atoms with Crippen LogP contribution in [0.1, 0.15) is 34.3 Å². The van der Waals surface area contributed by atoms with E-state index in [1.54, 1.807) is 0 Å². The fourth-order valence-corrected chi connectivity index (χ4v) is 3.64. The van der Waals surface area contributed by atoms with Crippen LogP contribution in [0.25, 0.3) is 10.9 Å². The maximum absolute atomic E-state index is 13.2. The average molecular weight is 344 g/mol. The molecule has 1 saturated carbocycles. The Morgan fingerprint density at radius 3 is 2.92 bits per heavy atom. The molecule has 1 aliphatic heterocycles. The van der Waals surface area contributed by atoms with E-state index in [-0.39, 0.29) is 5.91 Å². The van der Waals surface area contributed by atoms with Crippen molar-refractivity contribution in [3.63, 3.8) is 0 Å². The van der Waals surface area contributed by atoms with E-state index in [1.165, 1.54) is 0 Å². The highest BCUT2D eigenvalue weighted by atomic mass is 16.5. The SMILES string of the molecule is O=C(c1ccc2c(c1)CCO2)N(Cc1cnc2ccccc2c1)C1CC1. The van der Waals surface area contributed by atoms with Gasteiger partial charge in [0.15, 0.2) is 0 Å². The molecule has 26 heavy (non-hydrogen) atoms. The number of rotatable bonds is 4. The van der Waals surface area contributed by atoms with Crippen molar-refractivity contribution in [2.24, 2.45) is 0 Å². The van der Waals surface area contributed by atoms with Crippen LogP contribution in [0.15, 0.2) is 54.7 Å². The summed E-state index contributed by atoms with van der Waals surface area (Å²) in [6.07, 6.45) is 4.94. The minimum absolute atomic E-state index is 0.107. The number of nitrogens with zero attached hydrogens (tertiary/aromatic N) is 2. The largest absolute Gasteiger partial charge is 0.493 e. The van der Waals surface area contributed by atoms with Gasteiger partial charge in [0.2, 0.25) is 0 Å². The molecule has 2 aromatic carbocycles. The topological polar surface area (TPSA) is 42.4 Å². The molecule has 1 fully saturated rings. The van der Waals surface area contributed by atoms with Gasteiger partial charge in [-0.05, 0) is 54.3 Å². The fraction of sp³-hybridized carbons (Fsp3) is 0.273. The van der Waals surface area contributed by atoms with Crippen LogP contribution in [0.2, 0.25) is 0 Å². The van der Waals surface area contributed by atoms with E-state index in [2.05, 4.69) is 17.1 Å². The Bertz CT molecular complexity index is 994. The number of fused-ring (bicyclic) bond motifs is 2. The Morgan fingerprint density at radius 2 is 2.04 bits per heavy atom. The van der Waals surface area contributed by atoms with Crippen molar-refractivity contribution in [2.75, 3.05) is 6.61 Å². The maximum atomic E-state index is 13.2. The highest BCUT2D eigenvalue weighted by Gasteiger charge is 2.33. The van der Waals surface area contributed by atoms with Crippen molar-refractivity contribution in [2.45, 2.75) is 31.8 Å². The number of pyridine rings is 1. The highest BCUT2D eigenvalue weighted by Crippen LogP contribution is 2.32.